The third-order valence-electron chi connectivity index (χ3n) is 1.81. The van der Waals surface area contributed by atoms with Crippen molar-refractivity contribution in [2.24, 2.45) is 0 Å². The van der Waals surface area contributed by atoms with Gasteiger partial charge in [-0.2, -0.15) is 5.10 Å². The van der Waals surface area contributed by atoms with Gasteiger partial charge in [0.25, 0.3) is 0 Å². The van der Waals surface area contributed by atoms with Crippen LogP contribution in [0, 0.1) is 0 Å². The van der Waals surface area contributed by atoms with Gasteiger partial charge in [0.15, 0.2) is 0 Å². The molecule has 13 heavy (non-hydrogen) atoms. The number of rotatable bonds is 4. The van der Waals surface area contributed by atoms with Crippen molar-refractivity contribution in [3.8, 4) is 0 Å². The van der Waals surface area contributed by atoms with E-state index in [1.54, 1.807) is 0 Å². The Bertz CT molecular complexity index is 328. The minimum atomic E-state index is -0.957. The molecule has 0 amide bonds. The molecular weight excluding hydrogens is 168 g/mol. The number of hydrogen-bond donors (Lipinski definition) is 1. The first kappa shape index (κ1) is 9.51. The van der Waals surface area contributed by atoms with E-state index in [1.165, 1.54) is 16.9 Å². The van der Waals surface area contributed by atoms with Crippen molar-refractivity contribution in [2.75, 3.05) is 0 Å². The highest BCUT2D eigenvalue weighted by molar-refractivity contribution is 5.85. The first-order valence-corrected chi connectivity index (χ1v) is 4.07. The Kier molecular flexibility index (Phi) is 2.84. The van der Waals surface area contributed by atoms with E-state index in [2.05, 4.69) is 11.7 Å². The van der Waals surface area contributed by atoms with Crippen LogP contribution in [0.2, 0.25) is 0 Å². The molecule has 0 spiro atoms. The van der Waals surface area contributed by atoms with Crippen LogP contribution in [0.4, 0.5) is 0 Å². The van der Waals surface area contributed by atoms with E-state index in [0.717, 1.165) is 12.0 Å². The molecule has 0 saturated carbocycles. The zero-order valence-electron chi connectivity index (χ0n) is 7.53. The van der Waals surface area contributed by atoms with Crippen LogP contribution < -0.4 is 0 Å². The molecule has 1 N–H and O–H groups in total. The number of carboxylic acid groups (broad SMARTS) is 1. The molecule has 0 fully saturated rings. The molecule has 0 aliphatic rings. The predicted octanol–water partition coefficient (Wildman–Crippen LogP) is 1.55. The van der Waals surface area contributed by atoms with Crippen molar-refractivity contribution in [2.45, 2.75) is 19.9 Å². The van der Waals surface area contributed by atoms with E-state index in [9.17, 15) is 4.79 Å². The van der Waals surface area contributed by atoms with Crippen molar-refractivity contribution in [3.05, 3.63) is 30.1 Å². The van der Waals surface area contributed by atoms with Crippen molar-refractivity contribution in [1.29, 1.82) is 0 Å². The summed E-state index contributed by atoms with van der Waals surface area (Å²) in [6.07, 6.45) is 2.31. The predicted molar refractivity (Wildman–Crippen MR) is 48.6 cm³/mol. The molecular formula is C9H12N2O2. The Labute approximate surface area is 76.5 Å². The van der Waals surface area contributed by atoms with Gasteiger partial charge >= 0.3 is 5.97 Å². The number of allylic oxidation sites excluding steroid dienone is 1. The summed E-state index contributed by atoms with van der Waals surface area (Å²) >= 11 is 0. The molecule has 0 bridgehead atoms. The molecule has 0 aromatic carbocycles. The fourth-order valence-electron chi connectivity index (χ4n) is 0.964. The number of aromatic carboxylic acids is 1. The van der Waals surface area contributed by atoms with E-state index >= 15 is 0 Å². The highest BCUT2D eigenvalue weighted by Crippen LogP contribution is 2.04. The summed E-state index contributed by atoms with van der Waals surface area (Å²) in [5.74, 6) is -0.957. The summed E-state index contributed by atoms with van der Waals surface area (Å²) in [7, 11) is 0. The zero-order chi connectivity index (χ0) is 9.84. The summed E-state index contributed by atoms with van der Waals surface area (Å²) < 4.78 is 1.44. The summed E-state index contributed by atoms with van der Waals surface area (Å²) in [4.78, 5) is 10.7. The second-order valence-corrected chi connectivity index (χ2v) is 2.78. The topological polar surface area (TPSA) is 55.1 Å². The fraction of sp³-hybridized carbons (Fsp3) is 0.333. The number of carboxylic acids is 1. The van der Waals surface area contributed by atoms with Gasteiger partial charge in [0.1, 0.15) is 5.69 Å². The second-order valence-electron chi connectivity index (χ2n) is 2.78. The monoisotopic (exact) mass is 180 g/mol. The SMILES string of the molecule is C=C(CC)Cn1nccc1C(=O)O. The van der Waals surface area contributed by atoms with Crippen molar-refractivity contribution in [3.63, 3.8) is 0 Å². The molecule has 70 valence electrons. The Morgan fingerprint density at radius 2 is 2.46 bits per heavy atom. The van der Waals surface area contributed by atoms with Crippen molar-refractivity contribution < 1.29 is 9.90 Å². The van der Waals surface area contributed by atoms with Gasteiger partial charge in [-0.1, -0.05) is 19.1 Å². The highest BCUT2D eigenvalue weighted by Gasteiger charge is 2.09. The van der Waals surface area contributed by atoms with E-state index in [1.807, 2.05) is 6.92 Å². The summed E-state index contributed by atoms with van der Waals surface area (Å²) in [6, 6.07) is 1.48. The van der Waals surface area contributed by atoms with Crippen molar-refractivity contribution in [1.82, 2.24) is 9.78 Å². The molecule has 1 aromatic rings. The minimum absolute atomic E-state index is 0.203. The molecule has 0 aliphatic heterocycles. The first-order valence-electron chi connectivity index (χ1n) is 4.07. The normalized spacial score (nSPS) is 9.92. The fourth-order valence-corrected chi connectivity index (χ4v) is 0.964. The molecule has 1 aromatic heterocycles. The van der Waals surface area contributed by atoms with Crippen LogP contribution in [-0.4, -0.2) is 20.9 Å². The lowest BCUT2D eigenvalue weighted by molar-refractivity contribution is 0.0684. The maximum Gasteiger partial charge on any atom is 0.354 e. The van der Waals surface area contributed by atoms with Gasteiger partial charge in [-0.15, -0.1) is 0 Å². The van der Waals surface area contributed by atoms with E-state index in [-0.39, 0.29) is 5.69 Å². The second kappa shape index (κ2) is 3.89. The molecule has 4 nitrogen and oxygen atoms in total. The average Bonchev–Trinajstić information content (AvgIpc) is 2.52. The zero-order valence-corrected chi connectivity index (χ0v) is 7.53. The largest absolute Gasteiger partial charge is 0.477 e. The van der Waals surface area contributed by atoms with Gasteiger partial charge in [0, 0.05) is 6.20 Å². The molecule has 0 aliphatic carbocycles. The van der Waals surface area contributed by atoms with E-state index in [0.29, 0.717) is 6.54 Å². The van der Waals surface area contributed by atoms with Gasteiger partial charge in [-0.05, 0) is 12.5 Å². The Morgan fingerprint density at radius 3 is 3.00 bits per heavy atom. The number of aromatic nitrogens is 2. The lowest BCUT2D eigenvalue weighted by atomic mass is 10.2. The molecule has 0 radical (unpaired) electrons. The molecule has 0 saturated heterocycles. The maximum absolute atomic E-state index is 10.7. The van der Waals surface area contributed by atoms with Gasteiger partial charge in [-0.25, -0.2) is 4.79 Å². The van der Waals surface area contributed by atoms with Crippen LogP contribution in [0.3, 0.4) is 0 Å². The molecule has 1 heterocycles. The maximum atomic E-state index is 10.7. The number of carbonyl (C=O) groups is 1. The summed E-state index contributed by atoms with van der Waals surface area (Å²) in [5.41, 5.74) is 1.17. The van der Waals surface area contributed by atoms with Gasteiger partial charge in [0.05, 0.1) is 6.54 Å². The number of nitrogens with zero attached hydrogens (tertiary/aromatic N) is 2. The van der Waals surface area contributed by atoms with Crippen LogP contribution in [0.25, 0.3) is 0 Å². The summed E-state index contributed by atoms with van der Waals surface area (Å²) in [5, 5.41) is 12.7. The average molecular weight is 180 g/mol. The lowest BCUT2D eigenvalue weighted by Gasteiger charge is -2.04. The van der Waals surface area contributed by atoms with Crippen LogP contribution in [0.15, 0.2) is 24.4 Å². The third-order valence-corrected chi connectivity index (χ3v) is 1.81. The smallest absolute Gasteiger partial charge is 0.354 e. The molecule has 0 atom stereocenters. The summed E-state index contributed by atoms with van der Waals surface area (Å²) in [6.45, 7) is 6.25. The van der Waals surface area contributed by atoms with Gasteiger partial charge in [-0.3, -0.25) is 4.68 Å². The Balaban J connectivity index is 2.82. The van der Waals surface area contributed by atoms with Crippen LogP contribution in [-0.2, 0) is 6.54 Å². The third kappa shape index (κ3) is 2.18. The standard InChI is InChI=1S/C9H12N2O2/c1-3-7(2)6-11-8(9(12)13)4-5-10-11/h4-5H,2-3,6H2,1H3,(H,12,13). The van der Waals surface area contributed by atoms with Crippen LogP contribution in [0.5, 0.6) is 0 Å². The van der Waals surface area contributed by atoms with Gasteiger partial charge < -0.3 is 5.11 Å². The Hall–Kier alpha value is -1.58. The molecule has 4 heteroatoms. The lowest BCUT2D eigenvalue weighted by Crippen LogP contribution is -2.10. The molecule has 1 rings (SSSR count). The highest BCUT2D eigenvalue weighted by atomic mass is 16.4. The number of hydrogen-bond acceptors (Lipinski definition) is 2. The molecule has 0 unspecified atom stereocenters. The quantitative estimate of drug-likeness (QED) is 0.715. The van der Waals surface area contributed by atoms with E-state index < -0.39 is 5.97 Å². The van der Waals surface area contributed by atoms with E-state index in [4.69, 9.17) is 5.11 Å². The Morgan fingerprint density at radius 1 is 1.77 bits per heavy atom. The van der Waals surface area contributed by atoms with Crippen LogP contribution >= 0.6 is 0 Å². The first-order chi connectivity index (χ1) is 6.15. The van der Waals surface area contributed by atoms with Crippen molar-refractivity contribution >= 4 is 5.97 Å². The van der Waals surface area contributed by atoms with Gasteiger partial charge in [0.2, 0.25) is 0 Å². The van der Waals surface area contributed by atoms with Crippen LogP contribution in [0.1, 0.15) is 23.8 Å². The minimum Gasteiger partial charge on any atom is -0.477 e.